The van der Waals surface area contributed by atoms with Crippen molar-refractivity contribution in [1.82, 2.24) is 4.98 Å². The number of carboxylic acids is 1. The van der Waals surface area contributed by atoms with Crippen LogP contribution in [0, 0.1) is 5.82 Å². The molecule has 2 aliphatic carbocycles. The van der Waals surface area contributed by atoms with Gasteiger partial charge in [0, 0.05) is 11.8 Å². The Labute approximate surface area is 166 Å². The van der Waals surface area contributed by atoms with Gasteiger partial charge < -0.3 is 10.4 Å². The second kappa shape index (κ2) is 6.99. The minimum absolute atomic E-state index is 0.0537. The van der Waals surface area contributed by atoms with Crippen LogP contribution in [-0.2, 0) is 17.6 Å². The molecule has 0 saturated heterocycles. The Hall–Kier alpha value is -2.21. The number of aromatic nitrogens is 1. The molecule has 0 amide bonds. The number of aryl methyl sites for hydroxylation is 1. The topological polar surface area (TPSA) is 62.2 Å². The van der Waals surface area contributed by atoms with E-state index in [1.54, 1.807) is 6.07 Å². The summed E-state index contributed by atoms with van der Waals surface area (Å²) in [5, 5.41) is 13.9. The summed E-state index contributed by atoms with van der Waals surface area (Å²) < 4.78 is 14.7. The molecule has 0 bridgehead atoms. The first-order valence-corrected chi connectivity index (χ1v) is 13.5. The van der Waals surface area contributed by atoms with E-state index in [0.29, 0.717) is 0 Å². The standard InChI is InChI=1S/C22H27FN2O2Si/c1-28(2,3)19-9-7-17(23)22-15(19)6-8-18(22)25-20-10-13-4-5-14(11-21(26)27)16(13)12-24-20/h7,9-10,12,14,18H,4-6,8,11H2,1-3H3,(H,24,25)(H,26,27)/t14?,18-/m1/s1. The van der Waals surface area contributed by atoms with Crippen molar-refractivity contribution in [3.8, 4) is 0 Å². The molecule has 2 N–H and O–H groups in total. The summed E-state index contributed by atoms with van der Waals surface area (Å²) >= 11 is 0. The fourth-order valence-corrected chi connectivity index (χ4v) is 6.57. The number of fused-ring (bicyclic) bond motifs is 2. The Bertz CT molecular complexity index is 939. The molecule has 0 radical (unpaired) electrons. The molecular weight excluding hydrogens is 371 g/mol. The number of benzene rings is 1. The molecule has 1 aromatic carbocycles. The first-order chi connectivity index (χ1) is 13.2. The molecule has 4 nitrogen and oxygen atoms in total. The molecular formula is C22H27FN2O2Si. The van der Waals surface area contributed by atoms with E-state index >= 15 is 0 Å². The Balaban J connectivity index is 1.59. The fraction of sp³-hybridized carbons (Fsp3) is 0.455. The summed E-state index contributed by atoms with van der Waals surface area (Å²) in [5.41, 5.74) is 4.22. The van der Waals surface area contributed by atoms with Crippen LogP contribution in [0.3, 0.4) is 0 Å². The average Bonchev–Trinajstić information content (AvgIpc) is 3.19. The molecule has 1 unspecified atom stereocenters. The molecule has 0 saturated carbocycles. The van der Waals surface area contributed by atoms with E-state index in [4.69, 9.17) is 5.11 Å². The molecule has 1 heterocycles. The molecule has 28 heavy (non-hydrogen) atoms. The Morgan fingerprint density at radius 3 is 2.79 bits per heavy atom. The van der Waals surface area contributed by atoms with Crippen LogP contribution < -0.4 is 10.5 Å². The largest absolute Gasteiger partial charge is 0.481 e. The van der Waals surface area contributed by atoms with Crippen molar-refractivity contribution < 1.29 is 14.3 Å². The number of carbonyl (C=O) groups is 1. The van der Waals surface area contributed by atoms with Gasteiger partial charge in [-0.25, -0.2) is 9.37 Å². The lowest BCUT2D eigenvalue weighted by Gasteiger charge is -2.22. The zero-order valence-corrected chi connectivity index (χ0v) is 17.7. The highest BCUT2D eigenvalue weighted by atomic mass is 28.3. The van der Waals surface area contributed by atoms with Crippen LogP contribution in [-0.4, -0.2) is 24.1 Å². The number of hydrogen-bond donors (Lipinski definition) is 2. The molecule has 148 valence electrons. The lowest BCUT2D eigenvalue weighted by Crippen LogP contribution is -2.40. The molecule has 0 spiro atoms. The first-order valence-electron chi connectivity index (χ1n) is 10.0. The summed E-state index contributed by atoms with van der Waals surface area (Å²) in [5.74, 6) is -0.0886. The number of anilines is 1. The number of carboxylic acid groups (broad SMARTS) is 1. The van der Waals surface area contributed by atoms with Crippen molar-refractivity contribution in [1.29, 1.82) is 0 Å². The summed E-state index contributed by atoms with van der Waals surface area (Å²) in [6.45, 7) is 6.91. The van der Waals surface area contributed by atoms with Crippen LogP contribution in [0.5, 0.6) is 0 Å². The van der Waals surface area contributed by atoms with Crippen molar-refractivity contribution >= 4 is 25.0 Å². The van der Waals surface area contributed by atoms with E-state index in [1.165, 1.54) is 16.3 Å². The lowest BCUT2D eigenvalue weighted by molar-refractivity contribution is -0.137. The maximum absolute atomic E-state index is 14.7. The van der Waals surface area contributed by atoms with E-state index in [-0.39, 0.29) is 24.2 Å². The highest BCUT2D eigenvalue weighted by Gasteiger charge is 2.32. The van der Waals surface area contributed by atoms with Crippen LogP contribution >= 0.6 is 0 Å². The monoisotopic (exact) mass is 398 g/mol. The third kappa shape index (κ3) is 3.46. The highest BCUT2D eigenvalue weighted by Crippen LogP contribution is 2.38. The van der Waals surface area contributed by atoms with Crippen LogP contribution in [0.4, 0.5) is 10.2 Å². The van der Waals surface area contributed by atoms with Gasteiger partial charge in [0.1, 0.15) is 11.6 Å². The first kappa shape index (κ1) is 19.1. The maximum Gasteiger partial charge on any atom is 0.303 e. The number of rotatable bonds is 5. The summed E-state index contributed by atoms with van der Waals surface area (Å²) in [4.78, 5) is 15.6. The summed E-state index contributed by atoms with van der Waals surface area (Å²) in [6.07, 6.45) is 5.46. The Morgan fingerprint density at radius 1 is 1.29 bits per heavy atom. The van der Waals surface area contributed by atoms with Crippen molar-refractivity contribution in [2.45, 2.75) is 63.7 Å². The normalized spacial score (nSPS) is 20.7. The molecule has 0 aliphatic heterocycles. The van der Waals surface area contributed by atoms with E-state index in [0.717, 1.165) is 42.6 Å². The van der Waals surface area contributed by atoms with Crippen molar-refractivity contribution in [2.24, 2.45) is 0 Å². The summed E-state index contributed by atoms with van der Waals surface area (Å²) in [7, 11) is -1.53. The predicted molar refractivity (Wildman–Crippen MR) is 112 cm³/mol. The van der Waals surface area contributed by atoms with Gasteiger partial charge in [-0.05, 0) is 60.4 Å². The number of halogens is 1. The van der Waals surface area contributed by atoms with Gasteiger partial charge in [0.15, 0.2) is 0 Å². The van der Waals surface area contributed by atoms with E-state index in [1.807, 2.05) is 18.3 Å². The van der Waals surface area contributed by atoms with Gasteiger partial charge in [0.05, 0.1) is 20.5 Å². The Morgan fingerprint density at radius 2 is 2.07 bits per heavy atom. The molecule has 2 aromatic rings. The number of hydrogen-bond acceptors (Lipinski definition) is 3. The average molecular weight is 399 g/mol. The molecule has 2 aliphatic rings. The zero-order chi connectivity index (χ0) is 20.1. The van der Waals surface area contributed by atoms with Crippen LogP contribution in [0.15, 0.2) is 24.4 Å². The molecule has 4 rings (SSSR count). The van der Waals surface area contributed by atoms with Crippen LogP contribution in [0.1, 0.15) is 53.5 Å². The third-order valence-corrected chi connectivity index (χ3v) is 8.20. The lowest BCUT2D eigenvalue weighted by atomic mass is 9.99. The SMILES string of the molecule is C[Si](C)(C)c1ccc(F)c2c1CC[C@H]2Nc1cc2c(cn1)C(CC(=O)O)CC2. The van der Waals surface area contributed by atoms with Crippen LogP contribution in [0.2, 0.25) is 19.6 Å². The predicted octanol–water partition coefficient (Wildman–Crippen LogP) is 4.37. The van der Waals surface area contributed by atoms with Gasteiger partial charge in [-0.3, -0.25) is 4.79 Å². The van der Waals surface area contributed by atoms with Crippen LogP contribution in [0.25, 0.3) is 0 Å². The van der Waals surface area contributed by atoms with Crippen molar-refractivity contribution in [3.63, 3.8) is 0 Å². The second-order valence-electron chi connectivity index (χ2n) is 9.07. The second-order valence-corrected chi connectivity index (χ2v) is 14.1. The van der Waals surface area contributed by atoms with E-state index in [9.17, 15) is 9.18 Å². The fourth-order valence-electron chi connectivity index (χ4n) is 4.82. The molecule has 2 atom stereocenters. The number of pyridine rings is 1. The van der Waals surface area contributed by atoms with E-state index < -0.39 is 14.0 Å². The molecule has 1 aromatic heterocycles. The number of nitrogens with one attached hydrogen (secondary N) is 1. The number of aliphatic carboxylic acids is 1. The van der Waals surface area contributed by atoms with Gasteiger partial charge in [-0.15, -0.1) is 0 Å². The van der Waals surface area contributed by atoms with Gasteiger partial charge in [0.2, 0.25) is 0 Å². The Kier molecular flexibility index (Phi) is 4.77. The van der Waals surface area contributed by atoms with Gasteiger partial charge in [-0.2, -0.15) is 0 Å². The minimum Gasteiger partial charge on any atom is -0.481 e. The minimum atomic E-state index is -1.53. The number of nitrogens with zero attached hydrogens (tertiary/aromatic N) is 1. The summed E-state index contributed by atoms with van der Waals surface area (Å²) in [6, 6.07) is 5.57. The third-order valence-electron chi connectivity index (χ3n) is 6.11. The van der Waals surface area contributed by atoms with Gasteiger partial charge in [0.25, 0.3) is 0 Å². The van der Waals surface area contributed by atoms with Crippen molar-refractivity contribution in [3.05, 3.63) is 52.5 Å². The van der Waals surface area contributed by atoms with E-state index in [2.05, 4.69) is 29.9 Å². The smallest absolute Gasteiger partial charge is 0.303 e. The van der Waals surface area contributed by atoms with Gasteiger partial charge in [-0.1, -0.05) is 30.9 Å². The molecule has 6 heteroatoms. The maximum atomic E-state index is 14.7. The van der Waals surface area contributed by atoms with Crippen molar-refractivity contribution in [2.75, 3.05) is 5.32 Å². The zero-order valence-electron chi connectivity index (χ0n) is 16.7. The molecule has 0 fully saturated rings. The highest BCUT2D eigenvalue weighted by molar-refractivity contribution is 6.89. The van der Waals surface area contributed by atoms with Gasteiger partial charge >= 0.3 is 5.97 Å². The quantitative estimate of drug-likeness (QED) is 0.734.